The quantitative estimate of drug-likeness (QED) is 0.318. The summed E-state index contributed by atoms with van der Waals surface area (Å²) < 4.78 is 0. The molecule has 20 heavy (non-hydrogen) atoms. The molecule has 0 radical (unpaired) electrons. The van der Waals surface area contributed by atoms with E-state index >= 15 is 0 Å². The van der Waals surface area contributed by atoms with Crippen LogP contribution in [0.2, 0.25) is 0 Å². The second-order valence-electron chi connectivity index (χ2n) is 5.47. The van der Waals surface area contributed by atoms with Gasteiger partial charge in [0.15, 0.2) is 5.62 Å². The fraction of sp³-hybridized carbons (Fsp3) is 0.588. The minimum absolute atomic E-state index is 0.233. The first kappa shape index (κ1) is 17.7. The lowest BCUT2D eigenvalue weighted by Crippen LogP contribution is -2.16. The molecule has 0 bridgehead atoms. The van der Waals surface area contributed by atoms with Crippen molar-refractivity contribution in [2.45, 2.75) is 58.0 Å². The number of hydrogen-bond donors (Lipinski definition) is 0. The Morgan fingerprint density at radius 1 is 1.20 bits per heavy atom. The van der Waals surface area contributed by atoms with Gasteiger partial charge in [-0.15, -0.1) is 8.58 Å². The van der Waals surface area contributed by atoms with E-state index in [4.69, 9.17) is 0 Å². The van der Waals surface area contributed by atoms with E-state index in [9.17, 15) is 4.79 Å². The largest absolute Gasteiger partial charge is 0.291 e. The summed E-state index contributed by atoms with van der Waals surface area (Å²) in [6.07, 6.45) is 6.06. The van der Waals surface area contributed by atoms with Crippen LogP contribution < -0.4 is 0 Å². The van der Waals surface area contributed by atoms with E-state index in [0.29, 0.717) is 0 Å². The molecule has 3 heteroatoms. The van der Waals surface area contributed by atoms with Crippen molar-refractivity contribution in [1.82, 2.24) is 0 Å². The van der Waals surface area contributed by atoms with Gasteiger partial charge in [-0.1, -0.05) is 76.1 Å². The SMILES string of the molecule is CCCCC(C)(PCSC=O)c1ccc(CCC)cc1. The van der Waals surface area contributed by atoms with Crippen molar-refractivity contribution >= 4 is 26.0 Å². The van der Waals surface area contributed by atoms with Crippen molar-refractivity contribution in [3.8, 4) is 0 Å². The van der Waals surface area contributed by atoms with Crippen molar-refractivity contribution in [3.63, 3.8) is 0 Å². The maximum absolute atomic E-state index is 10.5. The van der Waals surface area contributed by atoms with Gasteiger partial charge >= 0.3 is 0 Å². The van der Waals surface area contributed by atoms with Crippen LogP contribution >= 0.6 is 20.3 Å². The number of unbranched alkanes of at least 4 members (excludes halogenated alkanes) is 1. The normalized spacial score (nSPS) is 14.6. The molecule has 0 aliphatic rings. The Hall–Kier alpha value is -0.330. The Morgan fingerprint density at radius 2 is 1.90 bits per heavy atom. The average molecular weight is 310 g/mol. The van der Waals surface area contributed by atoms with Crippen LogP contribution in [-0.2, 0) is 16.4 Å². The fourth-order valence-electron chi connectivity index (χ4n) is 2.43. The summed E-state index contributed by atoms with van der Waals surface area (Å²) in [5.74, 6) is 0. The number of aryl methyl sites for hydroxylation is 1. The van der Waals surface area contributed by atoms with E-state index in [-0.39, 0.29) is 5.16 Å². The lowest BCUT2D eigenvalue weighted by Gasteiger charge is -2.30. The van der Waals surface area contributed by atoms with Gasteiger partial charge < -0.3 is 0 Å². The minimum Gasteiger partial charge on any atom is -0.291 e. The minimum atomic E-state index is 0.233. The molecule has 0 spiro atoms. The zero-order valence-corrected chi connectivity index (χ0v) is 14.8. The molecule has 0 amide bonds. The first-order chi connectivity index (χ1) is 9.66. The van der Waals surface area contributed by atoms with Crippen LogP contribution in [0.15, 0.2) is 24.3 Å². The summed E-state index contributed by atoms with van der Waals surface area (Å²) in [5.41, 5.74) is 4.79. The zero-order valence-electron chi connectivity index (χ0n) is 12.9. The molecule has 0 aromatic heterocycles. The standard InChI is InChI=1S/C17H27OPS/c1-4-6-12-17(3,19-14-20-13-18)16-10-8-15(7-5-2)9-11-16/h8-11,13,19H,4-7,12,14H2,1-3H3. The number of carbonyl (C=O) groups is 1. The lowest BCUT2D eigenvalue weighted by molar-refractivity contribution is 0.570. The first-order valence-corrected chi connectivity index (χ1v) is 9.81. The number of carbonyl (C=O) groups excluding carboxylic acids is 1. The number of hydrogen-bond acceptors (Lipinski definition) is 2. The van der Waals surface area contributed by atoms with E-state index in [1.165, 1.54) is 48.6 Å². The Morgan fingerprint density at radius 3 is 2.45 bits per heavy atom. The first-order valence-electron chi connectivity index (χ1n) is 7.56. The molecule has 0 fully saturated rings. The molecule has 0 saturated carbocycles. The smallest absolute Gasteiger partial charge is 0.176 e. The van der Waals surface area contributed by atoms with Crippen LogP contribution in [0, 0.1) is 0 Å². The molecular weight excluding hydrogens is 283 g/mol. The van der Waals surface area contributed by atoms with Gasteiger partial charge in [0.05, 0.1) is 0 Å². The summed E-state index contributed by atoms with van der Waals surface area (Å²) in [7, 11) is 0.800. The van der Waals surface area contributed by atoms with Crippen LogP contribution in [0.3, 0.4) is 0 Å². The Kier molecular flexibility index (Phi) is 8.49. The van der Waals surface area contributed by atoms with Crippen LogP contribution in [0.4, 0.5) is 0 Å². The van der Waals surface area contributed by atoms with Crippen LogP contribution in [0.5, 0.6) is 0 Å². The van der Waals surface area contributed by atoms with E-state index in [2.05, 4.69) is 45.0 Å². The predicted octanol–water partition coefficient (Wildman–Crippen LogP) is 5.60. The Balaban J connectivity index is 2.81. The Labute approximate surface area is 130 Å². The summed E-state index contributed by atoms with van der Waals surface area (Å²) in [4.78, 5) is 10.5. The summed E-state index contributed by atoms with van der Waals surface area (Å²) in [5, 5.41) is 0.233. The van der Waals surface area contributed by atoms with Gasteiger partial charge in [0.25, 0.3) is 0 Å². The van der Waals surface area contributed by atoms with E-state index in [0.717, 1.165) is 26.1 Å². The highest BCUT2D eigenvalue weighted by atomic mass is 32.2. The van der Waals surface area contributed by atoms with Gasteiger partial charge in [0, 0.05) is 10.7 Å². The average Bonchev–Trinajstić information content (AvgIpc) is 2.46. The van der Waals surface area contributed by atoms with Crippen molar-refractivity contribution in [2.24, 2.45) is 0 Å². The van der Waals surface area contributed by atoms with Crippen LogP contribution in [-0.4, -0.2) is 11.1 Å². The highest BCUT2D eigenvalue weighted by Gasteiger charge is 2.25. The molecule has 0 N–H and O–H groups in total. The van der Waals surface area contributed by atoms with Gasteiger partial charge in [-0.05, 0) is 24.0 Å². The van der Waals surface area contributed by atoms with Crippen molar-refractivity contribution in [2.75, 3.05) is 5.49 Å². The number of thioether (sulfide) groups is 1. The molecule has 0 aliphatic carbocycles. The molecular formula is C17H27OPS. The van der Waals surface area contributed by atoms with Crippen molar-refractivity contribution in [1.29, 1.82) is 0 Å². The summed E-state index contributed by atoms with van der Waals surface area (Å²) in [6, 6.07) is 9.17. The maximum Gasteiger partial charge on any atom is 0.176 e. The summed E-state index contributed by atoms with van der Waals surface area (Å²) in [6.45, 7) is 6.83. The lowest BCUT2D eigenvalue weighted by atomic mass is 9.93. The molecule has 112 valence electrons. The number of rotatable bonds is 10. The van der Waals surface area contributed by atoms with Gasteiger partial charge in [-0.3, -0.25) is 4.79 Å². The molecule has 2 unspecified atom stereocenters. The second kappa shape index (κ2) is 9.58. The monoisotopic (exact) mass is 310 g/mol. The molecule has 1 rings (SSSR count). The third-order valence-electron chi connectivity index (χ3n) is 3.77. The Bertz CT molecular complexity index is 390. The molecule has 0 heterocycles. The van der Waals surface area contributed by atoms with E-state index < -0.39 is 0 Å². The van der Waals surface area contributed by atoms with Crippen molar-refractivity contribution in [3.05, 3.63) is 35.4 Å². The van der Waals surface area contributed by atoms with Crippen LogP contribution in [0.25, 0.3) is 0 Å². The molecule has 1 nitrogen and oxygen atoms in total. The third kappa shape index (κ3) is 5.58. The molecule has 0 aliphatic heterocycles. The van der Waals surface area contributed by atoms with E-state index in [1.807, 2.05) is 0 Å². The third-order valence-corrected chi connectivity index (χ3v) is 6.47. The maximum atomic E-state index is 10.5. The topological polar surface area (TPSA) is 17.1 Å². The van der Waals surface area contributed by atoms with Gasteiger partial charge in [-0.25, -0.2) is 0 Å². The number of benzene rings is 1. The predicted molar refractivity (Wildman–Crippen MR) is 94.8 cm³/mol. The molecule has 1 aromatic rings. The van der Waals surface area contributed by atoms with Gasteiger partial charge in [0.2, 0.25) is 0 Å². The van der Waals surface area contributed by atoms with Gasteiger partial charge in [-0.2, -0.15) is 0 Å². The zero-order chi connectivity index (χ0) is 14.8. The van der Waals surface area contributed by atoms with E-state index in [1.54, 1.807) is 0 Å². The molecule has 0 saturated heterocycles. The highest BCUT2D eigenvalue weighted by Crippen LogP contribution is 2.46. The second-order valence-corrected chi connectivity index (χ2v) is 8.60. The van der Waals surface area contributed by atoms with Gasteiger partial charge in [0.1, 0.15) is 0 Å². The molecule has 1 aromatic carbocycles. The fourth-order valence-corrected chi connectivity index (χ4v) is 5.03. The summed E-state index contributed by atoms with van der Waals surface area (Å²) >= 11 is 1.41. The highest BCUT2D eigenvalue weighted by molar-refractivity contribution is 8.14. The molecule has 2 atom stereocenters. The van der Waals surface area contributed by atoms with Crippen LogP contribution in [0.1, 0.15) is 57.6 Å². The van der Waals surface area contributed by atoms with Crippen molar-refractivity contribution < 1.29 is 4.79 Å².